The SMILES string of the molecule is O=[N+]([O-])c1cccc(F)c1-n1cc(CNCC2CC2)nn1. The maximum Gasteiger partial charge on any atom is 0.297 e. The lowest BCUT2D eigenvalue weighted by molar-refractivity contribution is -0.384. The van der Waals surface area contributed by atoms with Crippen LogP contribution >= 0.6 is 0 Å². The van der Waals surface area contributed by atoms with Crippen molar-refractivity contribution in [3.8, 4) is 5.69 Å². The van der Waals surface area contributed by atoms with Crippen molar-refractivity contribution in [2.75, 3.05) is 6.54 Å². The van der Waals surface area contributed by atoms with Gasteiger partial charge < -0.3 is 5.32 Å². The van der Waals surface area contributed by atoms with E-state index >= 15 is 0 Å². The van der Waals surface area contributed by atoms with Crippen LogP contribution < -0.4 is 5.32 Å². The molecule has 0 amide bonds. The first-order chi connectivity index (χ1) is 10.1. The Morgan fingerprint density at radius 1 is 1.48 bits per heavy atom. The monoisotopic (exact) mass is 291 g/mol. The summed E-state index contributed by atoms with van der Waals surface area (Å²) < 4.78 is 15.0. The molecular formula is C13H14FN5O2. The van der Waals surface area contributed by atoms with Crippen LogP contribution in [-0.4, -0.2) is 26.5 Å². The highest BCUT2D eigenvalue weighted by Crippen LogP contribution is 2.27. The van der Waals surface area contributed by atoms with E-state index in [4.69, 9.17) is 0 Å². The van der Waals surface area contributed by atoms with Crippen molar-refractivity contribution in [3.63, 3.8) is 0 Å². The molecule has 0 atom stereocenters. The minimum atomic E-state index is -0.702. The van der Waals surface area contributed by atoms with E-state index in [2.05, 4.69) is 15.6 Å². The summed E-state index contributed by atoms with van der Waals surface area (Å²) in [6.07, 6.45) is 4.01. The first kappa shape index (κ1) is 13.6. The summed E-state index contributed by atoms with van der Waals surface area (Å²) in [7, 11) is 0. The number of nitrogens with one attached hydrogen (secondary N) is 1. The van der Waals surface area contributed by atoms with E-state index in [9.17, 15) is 14.5 Å². The molecule has 8 heteroatoms. The van der Waals surface area contributed by atoms with Gasteiger partial charge in [0.25, 0.3) is 5.69 Å². The van der Waals surface area contributed by atoms with Crippen LogP contribution in [0.15, 0.2) is 24.4 Å². The molecule has 1 aromatic heterocycles. The summed E-state index contributed by atoms with van der Waals surface area (Å²) in [6, 6.07) is 3.70. The van der Waals surface area contributed by atoms with E-state index in [1.54, 1.807) is 0 Å². The number of aromatic nitrogens is 3. The van der Waals surface area contributed by atoms with Crippen molar-refractivity contribution in [2.24, 2.45) is 5.92 Å². The Balaban J connectivity index is 1.80. The zero-order valence-corrected chi connectivity index (χ0v) is 11.2. The molecule has 0 radical (unpaired) electrons. The molecule has 7 nitrogen and oxygen atoms in total. The van der Waals surface area contributed by atoms with E-state index < -0.39 is 10.7 Å². The third kappa shape index (κ3) is 3.05. The first-order valence-electron chi connectivity index (χ1n) is 6.70. The van der Waals surface area contributed by atoms with E-state index in [-0.39, 0.29) is 11.4 Å². The maximum atomic E-state index is 13.9. The quantitative estimate of drug-likeness (QED) is 0.648. The van der Waals surface area contributed by atoms with E-state index in [0.717, 1.165) is 23.2 Å². The topological polar surface area (TPSA) is 85.9 Å². The van der Waals surface area contributed by atoms with Crippen LogP contribution in [0.4, 0.5) is 10.1 Å². The molecule has 1 aromatic carbocycles. The van der Waals surface area contributed by atoms with E-state index in [1.165, 1.54) is 31.2 Å². The zero-order valence-electron chi connectivity index (χ0n) is 11.2. The Morgan fingerprint density at radius 3 is 3.00 bits per heavy atom. The van der Waals surface area contributed by atoms with Crippen LogP contribution in [0.5, 0.6) is 0 Å². The lowest BCUT2D eigenvalue weighted by atomic mass is 10.2. The molecule has 0 spiro atoms. The molecule has 3 rings (SSSR count). The molecule has 0 saturated heterocycles. The number of rotatable bonds is 6. The minimum Gasteiger partial charge on any atom is -0.311 e. The summed E-state index contributed by atoms with van der Waals surface area (Å²) in [5.41, 5.74) is 0.0917. The number of hydrogen-bond donors (Lipinski definition) is 1. The minimum absolute atomic E-state index is 0.191. The molecule has 1 heterocycles. The second kappa shape index (κ2) is 5.57. The second-order valence-corrected chi connectivity index (χ2v) is 5.09. The van der Waals surface area contributed by atoms with Gasteiger partial charge in [-0.3, -0.25) is 10.1 Å². The lowest BCUT2D eigenvalue weighted by Crippen LogP contribution is -2.16. The van der Waals surface area contributed by atoms with Crippen molar-refractivity contribution in [1.29, 1.82) is 0 Å². The first-order valence-corrected chi connectivity index (χ1v) is 6.70. The van der Waals surface area contributed by atoms with Crippen LogP contribution in [0, 0.1) is 21.8 Å². The zero-order chi connectivity index (χ0) is 14.8. The molecule has 1 N–H and O–H groups in total. The van der Waals surface area contributed by atoms with Crippen LogP contribution in [-0.2, 0) is 6.54 Å². The van der Waals surface area contributed by atoms with Crippen molar-refractivity contribution in [2.45, 2.75) is 19.4 Å². The molecule has 1 aliphatic rings. The molecule has 0 aliphatic heterocycles. The third-order valence-electron chi connectivity index (χ3n) is 3.37. The van der Waals surface area contributed by atoms with Gasteiger partial charge in [0.15, 0.2) is 11.5 Å². The van der Waals surface area contributed by atoms with Crippen molar-refractivity contribution < 1.29 is 9.31 Å². The fraction of sp³-hybridized carbons (Fsp3) is 0.385. The molecule has 0 unspecified atom stereocenters. The Labute approximate surface area is 119 Å². The predicted molar refractivity (Wildman–Crippen MR) is 72.4 cm³/mol. The average Bonchev–Trinajstić information content (AvgIpc) is 3.16. The molecule has 0 bridgehead atoms. The fourth-order valence-corrected chi connectivity index (χ4v) is 2.09. The van der Waals surface area contributed by atoms with Gasteiger partial charge in [0.2, 0.25) is 0 Å². The summed E-state index contributed by atoms with van der Waals surface area (Å²) in [5.74, 6) is 0.0410. The highest BCUT2D eigenvalue weighted by molar-refractivity contribution is 5.52. The lowest BCUT2D eigenvalue weighted by Gasteiger charge is -2.03. The Kier molecular flexibility index (Phi) is 3.61. The van der Waals surface area contributed by atoms with Gasteiger partial charge in [0.05, 0.1) is 16.8 Å². The van der Waals surface area contributed by atoms with Gasteiger partial charge in [-0.15, -0.1) is 5.10 Å². The third-order valence-corrected chi connectivity index (χ3v) is 3.37. The van der Waals surface area contributed by atoms with Gasteiger partial charge in [0, 0.05) is 12.6 Å². The van der Waals surface area contributed by atoms with E-state index in [1.807, 2.05) is 0 Å². The van der Waals surface area contributed by atoms with Gasteiger partial charge in [-0.2, -0.15) is 0 Å². The molecular weight excluding hydrogens is 277 g/mol. The highest BCUT2D eigenvalue weighted by atomic mass is 19.1. The molecule has 1 saturated carbocycles. The summed E-state index contributed by atoms with van der Waals surface area (Å²) >= 11 is 0. The molecule has 1 fully saturated rings. The smallest absolute Gasteiger partial charge is 0.297 e. The molecule has 110 valence electrons. The van der Waals surface area contributed by atoms with Crippen LogP contribution in [0.2, 0.25) is 0 Å². The Bertz CT molecular complexity index is 668. The predicted octanol–water partition coefficient (Wildman–Crippen LogP) is 1.81. The van der Waals surface area contributed by atoms with Crippen LogP contribution in [0.3, 0.4) is 0 Å². The average molecular weight is 291 g/mol. The highest BCUT2D eigenvalue weighted by Gasteiger charge is 2.22. The fourth-order valence-electron chi connectivity index (χ4n) is 2.09. The van der Waals surface area contributed by atoms with Gasteiger partial charge in [0.1, 0.15) is 0 Å². The molecule has 21 heavy (non-hydrogen) atoms. The number of nitrogens with zero attached hydrogens (tertiary/aromatic N) is 4. The summed E-state index contributed by atoms with van der Waals surface area (Å²) in [5, 5.41) is 21.9. The number of para-hydroxylation sites is 1. The van der Waals surface area contributed by atoms with Crippen molar-refractivity contribution >= 4 is 5.69 Å². The number of benzene rings is 1. The largest absolute Gasteiger partial charge is 0.311 e. The number of nitro groups is 1. The Hall–Kier alpha value is -2.35. The number of hydrogen-bond acceptors (Lipinski definition) is 5. The number of nitro benzene ring substituents is 1. The molecule has 1 aliphatic carbocycles. The summed E-state index contributed by atoms with van der Waals surface area (Å²) in [4.78, 5) is 10.3. The van der Waals surface area contributed by atoms with Crippen LogP contribution in [0.25, 0.3) is 5.69 Å². The Morgan fingerprint density at radius 2 is 2.29 bits per heavy atom. The normalized spacial score (nSPS) is 14.3. The van der Waals surface area contributed by atoms with Crippen molar-refractivity contribution in [3.05, 3.63) is 46.0 Å². The van der Waals surface area contributed by atoms with Gasteiger partial charge in [-0.1, -0.05) is 11.3 Å². The van der Waals surface area contributed by atoms with Crippen LogP contribution in [0.1, 0.15) is 18.5 Å². The van der Waals surface area contributed by atoms with Crippen molar-refractivity contribution in [1.82, 2.24) is 20.3 Å². The molecule has 2 aromatic rings. The number of halogens is 1. The van der Waals surface area contributed by atoms with Gasteiger partial charge in [-0.25, -0.2) is 9.07 Å². The second-order valence-electron chi connectivity index (χ2n) is 5.09. The summed E-state index contributed by atoms with van der Waals surface area (Å²) in [6.45, 7) is 1.44. The van der Waals surface area contributed by atoms with Gasteiger partial charge in [-0.05, 0) is 31.4 Å². The van der Waals surface area contributed by atoms with E-state index in [0.29, 0.717) is 12.2 Å². The van der Waals surface area contributed by atoms with Gasteiger partial charge >= 0.3 is 0 Å². The standard InChI is InChI=1S/C13H14FN5O2/c14-11-2-1-3-12(19(20)21)13(11)18-8-10(16-17-18)7-15-6-9-4-5-9/h1-3,8-9,15H,4-7H2. The maximum absolute atomic E-state index is 13.9.